The van der Waals surface area contributed by atoms with Gasteiger partial charge in [0, 0.05) is 11.8 Å². The van der Waals surface area contributed by atoms with Crippen molar-refractivity contribution in [1.29, 1.82) is 0 Å². The molecule has 1 atom stereocenters. The van der Waals surface area contributed by atoms with E-state index >= 15 is 0 Å². The van der Waals surface area contributed by atoms with Crippen molar-refractivity contribution in [1.82, 2.24) is 9.78 Å². The number of aryl methyl sites for hydroxylation is 2. The molecule has 0 aliphatic carbocycles. The Morgan fingerprint density at radius 2 is 1.81 bits per heavy atom. The number of aromatic nitrogens is 2. The molecule has 1 heterocycles. The molecule has 0 saturated carbocycles. The van der Waals surface area contributed by atoms with Crippen molar-refractivity contribution >= 4 is 0 Å². The van der Waals surface area contributed by atoms with E-state index in [0.29, 0.717) is 0 Å². The third-order valence-electron chi connectivity index (χ3n) is 3.66. The van der Waals surface area contributed by atoms with E-state index < -0.39 is 6.10 Å². The first-order chi connectivity index (χ1) is 10.1. The second-order valence-electron chi connectivity index (χ2n) is 5.32. The Labute approximate surface area is 124 Å². The predicted molar refractivity (Wildman–Crippen MR) is 83.5 cm³/mol. The summed E-state index contributed by atoms with van der Waals surface area (Å²) < 4.78 is 1.78. The van der Waals surface area contributed by atoms with E-state index in [1.165, 1.54) is 5.56 Å². The van der Waals surface area contributed by atoms with E-state index in [4.69, 9.17) is 0 Å². The summed E-state index contributed by atoms with van der Waals surface area (Å²) in [5.41, 5.74) is 4.99. The van der Waals surface area contributed by atoms with Crippen molar-refractivity contribution in [2.45, 2.75) is 20.0 Å². The SMILES string of the molecule is Cc1ccc(C(O)c2cnn(-c3ccccc3)c2)c(C)c1. The van der Waals surface area contributed by atoms with Gasteiger partial charge in [-0.2, -0.15) is 5.10 Å². The topological polar surface area (TPSA) is 38.1 Å². The number of para-hydroxylation sites is 1. The summed E-state index contributed by atoms with van der Waals surface area (Å²) in [4.78, 5) is 0. The van der Waals surface area contributed by atoms with Crippen LogP contribution in [0.4, 0.5) is 0 Å². The number of hydrogen-bond donors (Lipinski definition) is 1. The number of aliphatic hydroxyl groups is 1. The zero-order chi connectivity index (χ0) is 14.8. The van der Waals surface area contributed by atoms with Crippen LogP contribution in [0.15, 0.2) is 60.9 Å². The minimum absolute atomic E-state index is 0.650. The first kappa shape index (κ1) is 13.6. The molecule has 1 unspecified atom stereocenters. The zero-order valence-electron chi connectivity index (χ0n) is 12.2. The minimum Gasteiger partial charge on any atom is -0.384 e. The molecule has 0 bridgehead atoms. The van der Waals surface area contributed by atoms with E-state index in [9.17, 15) is 5.11 Å². The fourth-order valence-corrected chi connectivity index (χ4v) is 2.51. The van der Waals surface area contributed by atoms with E-state index in [1.54, 1.807) is 10.9 Å². The highest BCUT2D eigenvalue weighted by Gasteiger charge is 2.15. The molecule has 0 saturated heterocycles. The molecule has 106 valence electrons. The average molecular weight is 278 g/mol. The summed E-state index contributed by atoms with van der Waals surface area (Å²) in [5.74, 6) is 0. The lowest BCUT2D eigenvalue weighted by atomic mass is 9.98. The molecule has 0 radical (unpaired) electrons. The zero-order valence-corrected chi connectivity index (χ0v) is 12.2. The molecule has 3 nitrogen and oxygen atoms in total. The van der Waals surface area contributed by atoms with E-state index in [2.05, 4.69) is 18.1 Å². The highest BCUT2D eigenvalue weighted by atomic mass is 16.3. The van der Waals surface area contributed by atoms with Crippen molar-refractivity contribution in [3.05, 3.63) is 83.2 Å². The van der Waals surface area contributed by atoms with Crippen molar-refractivity contribution in [2.24, 2.45) is 0 Å². The molecule has 2 aromatic carbocycles. The molecule has 1 aromatic heterocycles. The van der Waals surface area contributed by atoms with Crippen LogP contribution in [0.3, 0.4) is 0 Å². The van der Waals surface area contributed by atoms with Gasteiger partial charge < -0.3 is 5.11 Å². The van der Waals surface area contributed by atoms with Gasteiger partial charge in [0.15, 0.2) is 0 Å². The van der Waals surface area contributed by atoms with E-state index in [-0.39, 0.29) is 0 Å². The summed E-state index contributed by atoms with van der Waals surface area (Å²) in [5, 5.41) is 14.9. The van der Waals surface area contributed by atoms with Crippen molar-refractivity contribution in [3.8, 4) is 5.69 Å². The standard InChI is InChI=1S/C18H18N2O/c1-13-8-9-17(14(2)10-13)18(21)15-11-19-20(12-15)16-6-4-3-5-7-16/h3-12,18,21H,1-2H3. The maximum Gasteiger partial charge on any atom is 0.107 e. The van der Waals surface area contributed by atoms with Gasteiger partial charge in [-0.15, -0.1) is 0 Å². The quantitative estimate of drug-likeness (QED) is 0.795. The molecular formula is C18H18N2O. The van der Waals surface area contributed by atoms with Crippen LogP contribution in [0.1, 0.15) is 28.4 Å². The fraction of sp³-hybridized carbons (Fsp3) is 0.167. The summed E-state index contributed by atoms with van der Waals surface area (Å²) in [6.07, 6.45) is 2.94. The minimum atomic E-state index is -0.650. The highest BCUT2D eigenvalue weighted by molar-refractivity contribution is 5.38. The van der Waals surface area contributed by atoms with Gasteiger partial charge in [-0.25, -0.2) is 4.68 Å². The smallest absolute Gasteiger partial charge is 0.107 e. The number of hydrogen-bond acceptors (Lipinski definition) is 2. The molecule has 0 spiro atoms. The normalized spacial score (nSPS) is 12.3. The summed E-state index contributed by atoms with van der Waals surface area (Å²) in [6.45, 7) is 4.07. The Balaban J connectivity index is 1.92. The summed E-state index contributed by atoms with van der Waals surface area (Å²) in [6, 6.07) is 16.0. The van der Waals surface area contributed by atoms with Crippen LogP contribution in [0.25, 0.3) is 5.69 Å². The molecule has 1 N–H and O–H groups in total. The lowest BCUT2D eigenvalue weighted by Crippen LogP contribution is -2.01. The molecule has 0 aliphatic heterocycles. The molecule has 0 aliphatic rings. The Hall–Kier alpha value is -2.39. The average Bonchev–Trinajstić information content (AvgIpc) is 2.97. The number of nitrogens with zero attached hydrogens (tertiary/aromatic N) is 2. The molecule has 0 fully saturated rings. The van der Waals surface area contributed by atoms with Gasteiger partial charge in [0.05, 0.1) is 11.9 Å². The second kappa shape index (κ2) is 5.54. The first-order valence-electron chi connectivity index (χ1n) is 7.00. The maximum atomic E-state index is 10.6. The van der Waals surface area contributed by atoms with Crippen LogP contribution in [0.2, 0.25) is 0 Å². The Kier molecular flexibility index (Phi) is 3.59. The monoisotopic (exact) mass is 278 g/mol. The molecule has 3 aromatic rings. The third-order valence-corrected chi connectivity index (χ3v) is 3.66. The van der Waals surface area contributed by atoms with E-state index in [1.807, 2.05) is 55.6 Å². The first-order valence-corrected chi connectivity index (χ1v) is 7.00. The summed E-state index contributed by atoms with van der Waals surface area (Å²) >= 11 is 0. The van der Waals surface area contributed by atoms with Gasteiger partial charge in [-0.05, 0) is 37.1 Å². The Morgan fingerprint density at radius 3 is 2.52 bits per heavy atom. The van der Waals surface area contributed by atoms with Gasteiger partial charge >= 0.3 is 0 Å². The molecule has 3 rings (SSSR count). The van der Waals surface area contributed by atoms with Crippen LogP contribution in [0, 0.1) is 13.8 Å². The van der Waals surface area contributed by atoms with Gasteiger partial charge in [-0.3, -0.25) is 0 Å². The lowest BCUT2D eigenvalue weighted by molar-refractivity contribution is 0.219. The van der Waals surface area contributed by atoms with Crippen molar-refractivity contribution in [3.63, 3.8) is 0 Å². The van der Waals surface area contributed by atoms with Crippen LogP contribution in [0.5, 0.6) is 0 Å². The predicted octanol–water partition coefficient (Wildman–Crippen LogP) is 3.57. The maximum absolute atomic E-state index is 10.6. The molecule has 3 heteroatoms. The number of benzene rings is 2. The Bertz CT molecular complexity index is 747. The molecule has 0 amide bonds. The van der Waals surface area contributed by atoms with Crippen LogP contribution in [-0.2, 0) is 0 Å². The highest BCUT2D eigenvalue weighted by Crippen LogP contribution is 2.25. The van der Waals surface area contributed by atoms with Gasteiger partial charge in [-0.1, -0.05) is 42.0 Å². The van der Waals surface area contributed by atoms with Gasteiger partial charge in [0.25, 0.3) is 0 Å². The number of rotatable bonds is 3. The van der Waals surface area contributed by atoms with Crippen molar-refractivity contribution in [2.75, 3.05) is 0 Å². The van der Waals surface area contributed by atoms with E-state index in [0.717, 1.165) is 22.4 Å². The molecular weight excluding hydrogens is 260 g/mol. The molecule has 21 heavy (non-hydrogen) atoms. The van der Waals surface area contributed by atoms with Crippen LogP contribution >= 0.6 is 0 Å². The van der Waals surface area contributed by atoms with Crippen molar-refractivity contribution < 1.29 is 5.11 Å². The van der Waals surface area contributed by atoms with Crippen LogP contribution < -0.4 is 0 Å². The summed E-state index contributed by atoms with van der Waals surface area (Å²) in [7, 11) is 0. The van der Waals surface area contributed by atoms with Gasteiger partial charge in [0.2, 0.25) is 0 Å². The lowest BCUT2D eigenvalue weighted by Gasteiger charge is -2.12. The Morgan fingerprint density at radius 1 is 1.05 bits per heavy atom. The largest absolute Gasteiger partial charge is 0.384 e. The second-order valence-corrected chi connectivity index (χ2v) is 5.32. The third kappa shape index (κ3) is 2.73. The number of aliphatic hydroxyl groups excluding tert-OH is 1. The fourth-order valence-electron chi connectivity index (χ4n) is 2.51. The van der Waals surface area contributed by atoms with Crippen LogP contribution in [-0.4, -0.2) is 14.9 Å². The van der Waals surface area contributed by atoms with Gasteiger partial charge in [0.1, 0.15) is 6.10 Å².